The van der Waals surface area contributed by atoms with E-state index in [2.05, 4.69) is 15.0 Å². The molecule has 6 nitrogen and oxygen atoms in total. The number of halogens is 1. The smallest absolute Gasteiger partial charge is 0.319 e. The van der Waals surface area contributed by atoms with E-state index in [1.165, 1.54) is 23.1 Å². The van der Waals surface area contributed by atoms with E-state index in [9.17, 15) is 9.90 Å². The van der Waals surface area contributed by atoms with Crippen LogP contribution in [0.2, 0.25) is 5.02 Å². The molecule has 2 heterocycles. The Bertz CT molecular complexity index is 975. The first kappa shape index (κ1) is 21.5. The Kier molecular flexibility index (Phi) is 6.77. The number of aromatic nitrogens is 3. The monoisotopic (exact) mass is 448 g/mol. The highest BCUT2D eigenvalue weighted by atomic mass is 35.5. The zero-order valence-electron chi connectivity index (χ0n) is 16.3. The topological polar surface area (TPSA) is 79.2 Å². The molecule has 9 heteroatoms. The van der Waals surface area contributed by atoms with Crippen LogP contribution in [0.3, 0.4) is 0 Å². The summed E-state index contributed by atoms with van der Waals surface area (Å²) in [6, 6.07) is 7.56. The molecule has 0 aliphatic rings. The molecule has 152 valence electrons. The molecule has 29 heavy (non-hydrogen) atoms. The SMILES string of the molecule is CN(CCc1csc(SC(C)(C)C(=O)O)n1)c1ncc(-c2ccc(Cl)cc2)cn1. The van der Waals surface area contributed by atoms with E-state index in [4.69, 9.17) is 11.6 Å². The van der Waals surface area contributed by atoms with Gasteiger partial charge in [0.25, 0.3) is 0 Å². The molecular formula is C20H21ClN4O2S2. The van der Waals surface area contributed by atoms with Crippen LogP contribution in [0, 0.1) is 0 Å². The Morgan fingerprint density at radius 2 is 1.86 bits per heavy atom. The number of rotatable bonds is 8. The van der Waals surface area contributed by atoms with Gasteiger partial charge < -0.3 is 10.0 Å². The normalized spacial score (nSPS) is 11.4. The quantitative estimate of drug-likeness (QED) is 0.491. The van der Waals surface area contributed by atoms with Gasteiger partial charge in [0.1, 0.15) is 4.75 Å². The van der Waals surface area contributed by atoms with Crippen LogP contribution in [-0.4, -0.2) is 44.4 Å². The summed E-state index contributed by atoms with van der Waals surface area (Å²) >= 11 is 8.67. The molecule has 0 bridgehead atoms. The third-order valence-electron chi connectivity index (χ3n) is 4.25. The molecule has 0 spiro atoms. The number of carboxylic acids is 1. The standard InChI is InChI=1S/C20H21ClN4O2S2/c1-20(2,17(26)27)29-19-24-16(12-28-19)8-9-25(3)18-22-10-14(11-23-18)13-4-6-15(21)7-5-13/h4-7,10-12H,8-9H2,1-3H3,(H,26,27). The summed E-state index contributed by atoms with van der Waals surface area (Å²) in [4.78, 5) is 26.7. The number of thioether (sulfide) groups is 1. The van der Waals surface area contributed by atoms with Crippen LogP contribution in [0.4, 0.5) is 5.95 Å². The van der Waals surface area contributed by atoms with Crippen LogP contribution in [0.1, 0.15) is 19.5 Å². The Morgan fingerprint density at radius 1 is 1.21 bits per heavy atom. The molecule has 0 saturated heterocycles. The van der Waals surface area contributed by atoms with Gasteiger partial charge in [0, 0.05) is 48.4 Å². The van der Waals surface area contributed by atoms with Gasteiger partial charge in [-0.2, -0.15) is 0 Å². The molecule has 3 rings (SSSR count). The number of hydrogen-bond donors (Lipinski definition) is 1. The first-order valence-electron chi connectivity index (χ1n) is 8.90. The Hall–Kier alpha value is -2.16. The maximum Gasteiger partial charge on any atom is 0.319 e. The molecule has 0 aliphatic heterocycles. The Labute approximate surface area is 183 Å². The minimum atomic E-state index is -0.897. The minimum Gasteiger partial charge on any atom is -0.480 e. The molecule has 0 saturated carbocycles. The van der Waals surface area contributed by atoms with Crippen molar-refractivity contribution >= 4 is 46.6 Å². The number of benzene rings is 1. The van der Waals surface area contributed by atoms with Gasteiger partial charge in [0.05, 0.1) is 5.69 Å². The van der Waals surface area contributed by atoms with Crippen LogP contribution < -0.4 is 4.90 Å². The maximum absolute atomic E-state index is 11.3. The highest BCUT2D eigenvalue weighted by Gasteiger charge is 2.29. The highest BCUT2D eigenvalue weighted by molar-refractivity contribution is 8.02. The van der Waals surface area contributed by atoms with Crippen LogP contribution in [0.25, 0.3) is 11.1 Å². The molecule has 0 radical (unpaired) electrons. The van der Waals surface area contributed by atoms with E-state index in [0.29, 0.717) is 17.5 Å². The molecule has 1 N–H and O–H groups in total. The lowest BCUT2D eigenvalue weighted by molar-refractivity contribution is -0.138. The highest BCUT2D eigenvalue weighted by Crippen LogP contribution is 2.34. The van der Waals surface area contributed by atoms with Crippen molar-refractivity contribution < 1.29 is 9.90 Å². The first-order chi connectivity index (χ1) is 13.7. The van der Waals surface area contributed by atoms with Gasteiger partial charge in [-0.25, -0.2) is 15.0 Å². The molecule has 0 fully saturated rings. The summed E-state index contributed by atoms with van der Waals surface area (Å²) in [7, 11) is 1.94. The lowest BCUT2D eigenvalue weighted by atomic mass is 10.1. The number of carboxylic acid groups (broad SMARTS) is 1. The molecule has 1 aromatic carbocycles. The fourth-order valence-electron chi connectivity index (χ4n) is 2.40. The number of hydrogen-bond acceptors (Lipinski definition) is 7. The van der Waals surface area contributed by atoms with Crippen LogP contribution in [0.15, 0.2) is 46.4 Å². The predicted octanol–water partition coefficient (Wildman–Crippen LogP) is 4.89. The van der Waals surface area contributed by atoms with Gasteiger partial charge in [-0.15, -0.1) is 11.3 Å². The van der Waals surface area contributed by atoms with Gasteiger partial charge in [-0.1, -0.05) is 35.5 Å². The second-order valence-corrected chi connectivity index (χ2v) is 10.1. The summed E-state index contributed by atoms with van der Waals surface area (Å²) in [5, 5.41) is 11.9. The van der Waals surface area contributed by atoms with Crippen LogP contribution in [-0.2, 0) is 11.2 Å². The summed E-state index contributed by atoms with van der Waals surface area (Å²) in [6.07, 6.45) is 4.32. The number of likely N-dealkylation sites (N-methyl/N-ethyl adjacent to an activating group) is 1. The van der Waals surface area contributed by atoms with Gasteiger partial charge >= 0.3 is 5.97 Å². The maximum atomic E-state index is 11.3. The fraction of sp³-hybridized carbons (Fsp3) is 0.300. The zero-order valence-corrected chi connectivity index (χ0v) is 18.7. The lowest BCUT2D eigenvalue weighted by Crippen LogP contribution is -2.26. The minimum absolute atomic E-state index is 0.638. The zero-order chi connectivity index (χ0) is 21.0. The predicted molar refractivity (Wildman–Crippen MR) is 119 cm³/mol. The summed E-state index contributed by atoms with van der Waals surface area (Å²) in [6.45, 7) is 4.07. The lowest BCUT2D eigenvalue weighted by Gasteiger charge is -2.17. The third kappa shape index (κ3) is 5.68. The second kappa shape index (κ2) is 9.11. The first-order valence-corrected chi connectivity index (χ1v) is 11.0. The average Bonchev–Trinajstić information content (AvgIpc) is 3.13. The van der Waals surface area contributed by atoms with Crippen molar-refractivity contribution in [3.63, 3.8) is 0 Å². The number of aliphatic carboxylic acids is 1. The summed E-state index contributed by atoms with van der Waals surface area (Å²) in [5.41, 5.74) is 2.88. The van der Waals surface area contributed by atoms with Crippen molar-refractivity contribution in [2.24, 2.45) is 0 Å². The number of carbonyl (C=O) groups is 1. The number of nitrogens with zero attached hydrogens (tertiary/aromatic N) is 4. The molecule has 3 aromatic rings. The van der Waals surface area contributed by atoms with Crippen LogP contribution in [0.5, 0.6) is 0 Å². The Morgan fingerprint density at radius 3 is 2.48 bits per heavy atom. The molecule has 0 aliphatic carbocycles. The molecule has 2 aromatic heterocycles. The van der Waals surface area contributed by atoms with Crippen molar-refractivity contribution in [1.29, 1.82) is 0 Å². The second-order valence-electron chi connectivity index (χ2n) is 6.97. The van der Waals surface area contributed by atoms with Gasteiger partial charge in [-0.05, 0) is 31.5 Å². The molecular weight excluding hydrogens is 428 g/mol. The van der Waals surface area contributed by atoms with E-state index >= 15 is 0 Å². The fourth-order valence-corrected chi connectivity index (χ4v) is 4.76. The third-order valence-corrected chi connectivity index (χ3v) is 6.67. The van der Waals surface area contributed by atoms with E-state index in [-0.39, 0.29) is 0 Å². The van der Waals surface area contributed by atoms with E-state index in [1.54, 1.807) is 26.2 Å². The van der Waals surface area contributed by atoms with Crippen molar-refractivity contribution in [2.45, 2.75) is 29.4 Å². The summed E-state index contributed by atoms with van der Waals surface area (Å²) < 4.78 is -0.135. The van der Waals surface area contributed by atoms with E-state index in [1.807, 2.05) is 41.6 Å². The van der Waals surface area contributed by atoms with E-state index < -0.39 is 10.7 Å². The average molecular weight is 449 g/mol. The van der Waals surface area contributed by atoms with Crippen molar-refractivity contribution in [3.05, 3.63) is 52.8 Å². The molecule has 0 amide bonds. The summed E-state index contributed by atoms with van der Waals surface area (Å²) in [5.74, 6) is -0.210. The van der Waals surface area contributed by atoms with Gasteiger partial charge in [-0.3, -0.25) is 4.79 Å². The Balaban J connectivity index is 1.57. The number of thiazole rings is 1. The van der Waals surface area contributed by atoms with E-state index in [0.717, 1.165) is 27.6 Å². The van der Waals surface area contributed by atoms with Crippen molar-refractivity contribution in [3.8, 4) is 11.1 Å². The van der Waals surface area contributed by atoms with Crippen molar-refractivity contribution in [1.82, 2.24) is 15.0 Å². The molecule has 0 atom stereocenters. The van der Waals surface area contributed by atoms with Gasteiger partial charge in [0.15, 0.2) is 4.34 Å². The molecule has 0 unspecified atom stereocenters. The van der Waals surface area contributed by atoms with Gasteiger partial charge in [0.2, 0.25) is 5.95 Å². The number of anilines is 1. The van der Waals surface area contributed by atoms with Crippen molar-refractivity contribution in [2.75, 3.05) is 18.5 Å². The van der Waals surface area contributed by atoms with Crippen LogP contribution >= 0.6 is 34.7 Å². The largest absolute Gasteiger partial charge is 0.480 e.